The van der Waals surface area contributed by atoms with Crippen molar-refractivity contribution >= 4 is 10.8 Å². The highest BCUT2D eigenvalue weighted by Gasteiger charge is 2.78. The molecule has 2 unspecified atom stereocenters. The van der Waals surface area contributed by atoms with E-state index in [4.69, 9.17) is 0 Å². The van der Waals surface area contributed by atoms with Gasteiger partial charge in [-0.3, -0.25) is 0 Å². The fourth-order valence-electron chi connectivity index (χ4n) is 5.18. The predicted molar refractivity (Wildman–Crippen MR) is 93.8 cm³/mol. The Kier molecular flexibility index (Phi) is 3.43. The Morgan fingerprint density at radius 2 is 1.77 bits per heavy atom. The second-order valence-corrected chi connectivity index (χ2v) is 7.03. The molecule has 1 aromatic heterocycles. The van der Waals surface area contributed by atoms with Gasteiger partial charge >= 0.3 is 0 Å². The molecule has 0 saturated heterocycles. The van der Waals surface area contributed by atoms with Gasteiger partial charge in [-0.25, -0.2) is 0 Å². The molecule has 1 aromatic carbocycles. The van der Waals surface area contributed by atoms with Crippen molar-refractivity contribution in [3.63, 3.8) is 0 Å². The van der Waals surface area contributed by atoms with Crippen LogP contribution in [0.25, 0.3) is 10.8 Å². The number of aryl methyl sites for hydroxylation is 1. The lowest BCUT2D eigenvalue weighted by Gasteiger charge is -2.23. The lowest BCUT2D eigenvalue weighted by Crippen LogP contribution is -2.52. The molecule has 1 aliphatic carbocycles. The zero-order valence-electron chi connectivity index (χ0n) is 14.6. The Labute approximate surface area is 134 Å². The normalized spacial score (nSPS) is 27.6. The van der Waals surface area contributed by atoms with Crippen molar-refractivity contribution in [1.82, 2.24) is 0 Å². The van der Waals surface area contributed by atoms with Crippen LogP contribution in [0.15, 0.2) is 48.7 Å². The van der Waals surface area contributed by atoms with E-state index in [2.05, 4.69) is 82.3 Å². The summed E-state index contributed by atoms with van der Waals surface area (Å²) in [5, 5.41) is 2.67. The molecule has 22 heavy (non-hydrogen) atoms. The molecule has 0 spiro atoms. The van der Waals surface area contributed by atoms with Crippen molar-refractivity contribution in [2.24, 2.45) is 11.3 Å². The standard InChI is InChI=1S/C21H28N/c1-7-20(15(3)4)17(6)21(20,8-2)22-14-13-18-11-9-10-12-19(18)16(22)5/h9-15H,6-8H2,1-5H3/q+1. The van der Waals surface area contributed by atoms with Gasteiger partial charge in [-0.1, -0.05) is 52.5 Å². The quantitative estimate of drug-likeness (QED) is 0.541. The van der Waals surface area contributed by atoms with Crippen LogP contribution in [0.1, 0.15) is 46.2 Å². The molecule has 1 aliphatic rings. The fraction of sp³-hybridized carbons (Fsp3) is 0.476. The van der Waals surface area contributed by atoms with Crippen LogP contribution < -0.4 is 4.57 Å². The van der Waals surface area contributed by atoms with Crippen LogP contribution in [0.3, 0.4) is 0 Å². The second-order valence-electron chi connectivity index (χ2n) is 7.03. The number of rotatable bonds is 4. The molecular formula is C21H28N+. The summed E-state index contributed by atoms with van der Waals surface area (Å²) in [4.78, 5) is 0. The van der Waals surface area contributed by atoms with Gasteiger partial charge in [0.25, 0.3) is 0 Å². The third-order valence-corrected chi connectivity index (χ3v) is 6.29. The molecule has 0 bridgehead atoms. The maximum atomic E-state index is 4.51. The van der Waals surface area contributed by atoms with Crippen molar-refractivity contribution in [1.29, 1.82) is 0 Å². The maximum Gasteiger partial charge on any atom is 0.199 e. The molecule has 1 saturated carbocycles. The number of fused-ring (bicyclic) bond motifs is 1. The summed E-state index contributed by atoms with van der Waals surface area (Å²) in [6.07, 6.45) is 4.56. The van der Waals surface area contributed by atoms with E-state index < -0.39 is 0 Å². The SMILES string of the molecule is C=C1C(CC)(C(C)C)C1(CC)[n+]1ccc2ccccc2c1C. The van der Waals surface area contributed by atoms with Crippen molar-refractivity contribution in [2.75, 3.05) is 0 Å². The van der Waals surface area contributed by atoms with Crippen LogP contribution in [-0.2, 0) is 5.54 Å². The first kappa shape index (κ1) is 15.3. The summed E-state index contributed by atoms with van der Waals surface area (Å²) in [5.41, 5.74) is 3.10. The zero-order valence-corrected chi connectivity index (χ0v) is 14.6. The summed E-state index contributed by atoms with van der Waals surface area (Å²) in [7, 11) is 0. The number of pyridine rings is 1. The molecule has 2 atom stereocenters. The topological polar surface area (TPSA) is 3.88 Å². The number of benzene rings is 1. The van der Waals surface area contributed by atoms with Crippen LogP contribution >= 0.6 is 0 Å². The van der Waals surface area contributed by atoms with Gasteiger partial charge in [-0.15, -0.1) is 0 Å². The molecule has 0 aliphatic heterocycles. The smallest absolute Gasteiger partial charge is 0.192 e. The molecule has 1 heteroatoms. The van der Waals surface area contributed by atoms with E-state index in [1.807, 2.05) is 0 Å². The molecular weight excluding hydrogens is 266 g/mol. The number of nitrogens with zero attached hydrogens (tertiary/aromatic N) is 1. The molecule has 2 aromatic rings. The average molecular weight is 294 g/mol. The summed E-state index contributed by atoms with van der Waals surface area (Å²) in [6.45, 7) is 16.1. The third-order valence-electron chi connectivity index (χ3n) is 6.29. The van der Waals surface area contributed by atoms with Crippen molar-refractivity contribution in [2.45, 2.75) is 53.0 Å². The van der Waals surface area contributed by atoms with Crippen molar-refractivity contribution < 1.29 is 4.57 Å². The van der Waals surface area contributed by atoms with Crippen molar-refractivity contribution in [3.05, 3.63) is 54.4 Å². The van der Waals surface area contributed by atoms with E-state index in [1.54, 1.807) is 0 Å². The van der Waals surface area contributed by atoms with Crippen LogP contribution in [0.4, 0.5) is 0 Å². The van der Waals surface area contributed by atoms with E-state index in [-0.39, 0.29) is 11.0 Å². The van der Waals surface area contributed by atoms with Gasteiger partial charge < -0.3 is 0 Å². The van der Waals surface area contributed by atoms with Gasteiger partial charge in [0.1, 0.15) is 0 Å². The molecule has 0 N–H and O–H groups in total. The predicted octanol–water partition coefficient (Wildman–Crippen LogP) is 5.16. The Morgan fingerprint density at radius 3 is 2.32 bits per heavy atom. The minimum atomic E-state index is 0.0873. The minimum Gasteiger partial charge on any atom is -0.192 e. The van der Waals surface area contributed by atoms with E-state index in [0.29, 0.717) is 5.92 Å². The van der Waals surface area contributed by atoms with Gasteiger partial charge in [0.2, 0.25) is 0 Å². The second kappa shape index (κ2) is 4.94. The van der Waals surface area contributed by atoms with Crippen molar-refractivity contribution in [3.8, 4) is 0 Å². The molecule has 116 valence electrons. The monoisotopic (exact) mass is 294 g/mol. The van der Waals surface area contributed by atoms with Gasteiger partial charge in [-0.2, -0.15) is 4.57 Å². The van der Waals surface area contributed by atoms with Gasteiger partial charge in [-0.05, 0) is 23.8 Å². The largest absolute Gasteiger partial charge is 0.199 e. The molecule has 0 radical (unpaired) electrons. The van der Waals surface area contributed by atoms with Crippen LogP contribution in [0.5, 0.6) is 0 Å². The Bertz CT molecular complexity index is 743. The maximum absolute atomic E-state index is 4.51. The van der Waals surface area contributed by atoms with Gasteiger partial charge in [0.15, 0.2) is 17.4 Å². The fourth-order valence-corrected chi connectivity index (χ4v) is 5.18. The Balaban J connectivity index is 2.26. The van der Waals surface area contributed by atoms with E-state index in [1.165, 1.54) is 22.0 Å². The average Bonchev–Trinajstić information content (AvgIpc) is 3.08. The zero-order chi connectivity index (χ0) is 16.1. The number of aromatic nitrogens is 1. The first-order valence-electron chi connectivity index (χ1n) is 8.57. The summed E-state index contributed by atoms with van der Waals surface area (Å²) >= 11 is 0. The first-order chi connectivity index (χ1) is 10.5. The van der Waals surface area contributed by atoms with E-state index in [9.17, 15) is 0 Å². The Hall–Kier alpha value is -1.63. The molecule has 3 rings (SSSR count). The Morgan fingerprint density at radius 1 is 1.09 bits per heavy atom. The number of allylic oxidation sites excluding steroid dienone is 1. The van der Waals surface area contributed by atoms with Crippen LogP contribution in [-0.4, -0.2) is 0 Å². The van der Waals surface area contributed by atoms with E-state index in [0.717, 1.165) is 12.8 Å². The molecule has 1 nitrogen and oxygen atoms in total. The summed E-state index contributed by atoms with van der Waals surface area (Å²) in [5.74, 6) is 0.614. The molecule has 0 amide bonds. The highest BCUT2D eigenvalue weighted by Crippen LogP contribution is 2.70. The summed E-state index contributed by atoms with van der Waals surface area (Å²) < 4.78 is 2.52. The minimum absolute atomic E-state index is 0.0873. The van der Waals surface area contributed by atoms with Crippen LogP contribution in [0.2, 0.25) is 0 Å². The van der Waals surface area contributed by atoms with E-state index >= 15 is 0 Å². The highest BCUT2D eigenvalue weighted by atomic mass is 15.1. The lowest BCUT2D eigenvalue weighted by atomic mass is 9.83. The summed E-state index contributed by atoms with van der Waals surface area (Å²) in [6, 6.07) is 10.9. The highest BCUT2D eigenvalue weighted by molar-refractivity contribution is 5.83. The first-order valence-corrected chi connectivity index (χ1v) is 8.57. The third kappa shape index (κ3) is 1.57. The number of hydrogen-bond acceptors (Lipinski definition) is 0. The number of hydrogen-bond donors (Lipinski definition) is 0. The lowest BCUT2D eigenvalue weighted by molar-refractivity contribution is -0.747. The van der Waals surface area contributed by atoms with Crippen LogP contribution in [0, 0.1) is 18.3 Å². The molecule has 1 fully saturated rings. The van der Waals surface area contributed by atoms with Gasteiger partial charge in [0, 0.05) is 30.4 Å². The van der Waals surface area contributed by atoms with Gasteiger partial charge in [0.05, 0.1) is 5.41 Å². The molecule has 1 heterocycles.